The smallest absolute Gasteiger partial charge is 0.230 e. The lowest BCUT2D eigenvalue weighted by Crippen LogP contribution is -2.70. The predicted octanol–water partition coefficient (Wildman–Crippen LogP) is 4.01. The molecule has 4 nitrogen and oxygen atoms in total. The second kappa shape index (κ2) is 7.85. The van der Waals surface area contributed by atoms with Crippen LogP contribution >= 0.6 is 0 Å². The molecular weight excluding hydrogens is 383 g/mol. The topological polar surface area (TPSA) is 43.2 Å². The van der Waals surface area contributed by atoms with Gasteiger partial charge in [0.1, 0.15) is 13.2 Å². The molecular formula is C26H34BN2O2-. The van der Waals surface area contributed by atoms with Crippen LogP contribution in [0.2, 0.25) is 0 Å². The van der Waals surface area contributed by atoms with Gasteiger partial charge in [-0.1, -0.05) is 102 Å². The molecule has 0 spiro atoms. The van der Waals surface area contributed by atoms with Crippen molar-refractivity contribution in [3.05, 3.63) is 60.7 Å². The third kappa shape index (κ3) is 3.91. The van der Waals surface area contributed by atoms with Crippen molar-refractivity contribution < 1.29 is 9.47 Å². The summed E-state index contributed by atoms with van der Waals surface area (Å²) in [5.74, 6) is 1.48. The molecule has 0 aromatic heterocycles. The monoisotopic (exact) mass is 417 g/mol. The number of hydrogen-bond donors (Lipinski definition) is 0. The molecule has 31 heavy (non-hydrogen) atoms. The maximum Gasteiger partial charge on any atom is 0.230 e. The molecule has 2 aromatic carbocycles. The Balaban J connectivity index is 1.98. The van der Waals surface area contributed by atoms with Crippen molar-refractivity contribution in [2.75, 3.05) is 13.2 Å². The van der Waals surface area contributed by atoms with Crippen molar-refractivity contribution in [3.8, 4) is 0 Å². The van der Waals surface area contributed by atoms with E-state index in [0.717, 1.165) is 22.5 Å². The van der Waals surface area contributed by atoms with Crippen molar-refractivity contribution in [2.24, 2.45) is 20.8 Å². The predicted molar refractivity (Wildman–Crippen MR) is 131 cm³/mol. The minimum Gasteiger partial charge on any atom is -0.518 e. The summed E-state index contributed by atoms with van der Waals surface area (Å²) in [5.41, 5.74) is 2.28. The van der Waals surface area contributed by atoms with Gasteiger partial charge in [-0.3, -0.25) is 9.98 Å². The van der Waals surface area contributed by atoms with Gasteiger partial charge in [-0.25, -0.2) is 0 Å². The molecule has 0 amide bonds. The van der Waals surface area contributed by atoms with Gasteiger partial charge in [0.25, 0.3) is 0 Å². The zero-order valence-corrected chi connectivity index (χ0v) is 19.6. The highest BCUT2D eigenvalue weighted by Gasteiger charge is 2.47. The van der Waals surface area contributed by atoms with Crippen LogP contribution < -0.4 is 10.9 Å². The molecule has 0 unspecified atom stereocenters. The maximum absolute atomic E-state index is 6.42. The van der Waals surface area contributed by atoms with Crippen LogP contribution in [0.4, 0.5) is 0 Å². The zero-order valence-electron chi connectivity index (χ0n) is 19.6. The van der Waals surface area contributed by atoms with E-state index in [1.165, 1.54) is 0 Å². The highest BCUT2D eigenvalue weighted by atomic mass is 16.5. The minimum atomic E-state index is -1.73. The van der Waals surface area contributed by atoms with E-state index in [1.807, 2.05) is 12.1 Å². The molecule has 2 aliphatic heterocycles. The first kappa shape index (κ1) is 21.7. The van der Waals surface area contributed by atoms with Crippen LogP contribution in [0, 0.1) is 10.8 Å². The number of aliphatic imine (C=N–C) groups is 2. The Kier molecular flexibility index (Phi) is 5.49. The summed E-state index contributed by atoms with van der Waals surface area (Å²) in [7, 11) is 0. The van der Waals surface area contributed by atoms with Crippen molar-refractivity contribution >= 4 is 28.7 Å². The minimum absolute atomic E-state index is 0.0171. The van der Waals surface area contributed by atoms with E-state index in [4.69, 9.17) is 19.5 Å². The number of nitrogens with zero attached hydrogens (tertiary/aromatic N) is 2. The van der Waals surface area contributed by atoms with E-state index in [9.17, 15) is 0 Å². The lowest BCUT2D eigenvalue weighted by Gasteiger charge is -2.40. The molecule has 0 N–H and O–H groups in total. The van der Waals surface area contributed by atoms with Crippen LogP contribution in [-0.2, 0) is 9.47 Å². The standard InChI is InChI=1S/C26H34BN2O2/c1-25(2,3)21-17-30-23(28-21)27(19-13-9-7-10-14-19,20-15-11-8-12-16-20)24-29-22(18-31-24)26(4,5)6/h7-16,21-22H,17-18H2,1-6H3/q-1/t21-,22-/m1/s1. The molecule has 2 atom stereocenters. The fourth-order valence-electron chi connectivity index (χ4n) is 4.50. The van der Waals surface area contributed by atoms with E-state index in [1.54, 1.807) is 0 Å². The summed E-state index contributed by atoms with van der Waals surface area (Å²) in [6.07, 6.45) is -1.73. The Hall–Kier alpha value is -2.56. The van der Waals surface area contributed by atoms with Crippen molar-refractivity contribution in [2.45, 2.75) is 53.6 Å². The highest BCUT2D eigenvalue weighted by molar-refractivity contribution is 7.38. The molecule has 0 fully saturated rings. The summed E-state index contributed by atoms with van der Waals surface area (Å²) < 4.78 is 12.8. The first-order chi connectivity index (χ1) is 14.6. The van der Waals surface area contributed by atoms with Gasteiger partial charge >= 0.3 is 0 Å². The summed E-state index contributed by atoms with van der Waals surface area (Å²) in [4.78, 5) is 10.4. The molecule has 164 valence electrons. The fraction of sp³-hybridized carbons (Fsp3) is 0.462. The molecule has 0 bridgehead atoms. The molecule has 0 saturated carbocycles. The van der Waals surface area contributed by atoms with E-state index in [2.05, 4.69) is 90.1 Å². The van der Waals surface area contributed by atoms with E-state index < -0.39 is 6.15 Å². The average molecular weight is 417 g/mol. The van der Waals surface area contributed by atoms with Crippen molar-refractivity contribution in [1.29, 1.82) is 0 Å². The summed E-state index contributed by atoms with van der Waals surface area (Å²) in [5, 5.41) is 0. The Morgan fingerprint density at radius 3 is 1.29 bits per heavy atom. The highest BCUT2D eigenvalue weighted by Crippen LogP contribution is 2.32. The largest absolute Gasteiger partial charge is 0.518 e. The van der Waals surface area contributed by atoms with Crippen LogP contribution in [0.15, 0.2) is 70.6 Å². The van der Waals surface area contributed by atoms with Crippen LogP contribution in [0.3, 0.4) is 0 Å². The van der Waals surface area contributed by atoms with E-state index >= 15 is 0 Å². The third-order valence-electron chi connectivity index (χ3n) is 6.68. The summed E-state index contributed by atoms with van der Waals surface area (Å²) >= 11 is 0. The third-order valence-corrected chi connectivity index (χ3v) is 6.68. The van der Waals surface area contributed by atoms with Gasteiger partial charge in [-0.2, -0.15) is 10.9 Å². The maximum atomic E-state index is 6.42. The normalized spacial score (nSPS) is 21.9. The zero-order chi connectivity index (χ0) is 22.3. The number of ether oxygens (including phenoxy) is 2. The van der Waals surface area contributed by atoms with Crippen LogP contribution in [0.1, 0.15) is 41.5 Å². The van der Waals surface area contributed by atoms with Crippen LogP contribution in [0.25, 0.3) is 0 Å². The Labute approximate surface area is 186 Å². The average Bonchev–Trinajstić information content (AvgIpc) is 3.41. The van der Waals surface area contributed by atoms with Crippen molar-refractivity contribution in [3.63, 3.8) is 0 Å². The molecule has 2 aromatic rings. The van der Waals surface area contributed by atoms with Crippen LogP contribution in [-0.4, -0.2) is 43.0 Å². The quantitative estimate of drug-likeness (QED) is 0.706. The molecule has 0 radical (unpaired) electrons. The fourth-order valence-corrected chi connectivity index (χ4v) is 4.50. The second-order valence-corrected chi connectivity index (χ2v) is 11.0. The van der Waals surface area contributed by atoms with Crippen molar-refractivity contribution in [1.82, 2.24) is 0 Å². The Morgan fingerprint density at radius 1 is 0.645 bits per heavy atom. The number of hydrogen-bond acceptors (Lipinski definition) is 4. The summed E-state index contributed by atoms with van der Waals surface area (Å²) in [6.45, 7) is 14.5. The number of benzene rings is 2. The molecule has 2 aliphatic rings. The van der Waals surface area contributed by atoms with Gasteiger partial charge in [-0.15, -0.1) is 0 Å². The van der Waals surface area contributed by atoms with E-state index in [-0.39, 0.29) is 22.9 Å². The molecule has 0 saturated heterocycles. The molecule has 5 heteroatoms. The lowest BCUT2D eigenvalue weighted by molar-refractivity contribution is 0.235. The van der Waals surface area contributed by atoms with Gasteiger partial charge in [-0.05, 0) is 10.8 Å². The van der Waals surface area contributed by atoms with Crippen LogP contribution in [0.5, 0.6) is 0 Å². The lowest BCUT2D eigenvalue weighted by atomic mass is 9.17. The Bertz CT molecular complexity index is 890. The van der Waals surface area contributed by atoms with Gasteiger partial charge in [0.15, 0.2) is 0 Å². The van der Waals surface area contributed by atoms with Gasteiger partial charge < -0.3 is 9.47 Å². The first-order valence-electron chi connectivity index (χ1n) is 11.3. The van der Waals surface area contributed by atoms with Gasteiger partial charge in [0, 0.05) is 11.6 Å². The van der Waals surface area contributed by atoms with Gasteiger partial charge in [0.2, 0.25) is 6.15 Å². The SMILES string of the molecule is CC(C)(C)[C@H]1COC([B-](C2=N[C@@H](C(C)(C)C)CO2)(c2ccccc2)c2ccccc2)=N1. The Morgan fingerprint density at radius 2 is 1.00 bits per heavy atom. The van der Waals surface area contributed by atoms with Gasteiger partial charge in [0.05, 0.1) is 12.1 Å². The first-order valence-corrected chi connectivity index (χ1v) is 11.3. The molecule has 2 heterocycles. The number of rotatable bonds is 4. The summed E-state index contributed by atoms with van der Waals surface area (Å²) in [6, 6.07) is 21.2. The molecule has 0 aliphatic carbocycles. The molecule has 4 rings (SSSR count). The second-order valence-electron chi connectivity index (χ2n) is 11.0. The van der Waals surface area contributed by atoms with E-state index in [0.29, 0.717) is 13.2 Å².